The first kappa shape index (κ1) is 17.9. The molecular formula is C19H19NO5S. The molecule has 0 aliphatic rings. The standard InChI is InChI=1S/C19H19NO5S/c1-23-15-6-4-14-11-17(8-5-13(14)10-15)26(21,22)20-18-12-16(24-2)7-9-19(18)25-3/h4-12,20H,1-3H3. The smallest absolute Gasteiger partial charge is 0.262 e. The van der Waals surface area contributed by atoms with E-state index in [2.05, 4.69) is 4.72 Å². The molecule has 26 heavy (non-hydrogen) atoms. The topological polar surface area (TPSA) is 73.9 Å². The van der Waals surface area contributed by atoms with Gasteiger partial charge in [0.2, 0.25) is 0 Å². The minimum absolute atomic E-state index is 0.153. The molecule has 0 fully saturated rings. The number of ether oxygens (including phenoxy) is 3. The van der Waals surface area contributed by atoms with Gasteiger partial charge in [0, 0.05) is 6.07 Å². The summed E-state index contributed by atoms with van der Waals surface area (Å²) in [7, 11) is 0.781. The van der Waals surface area contributed by atoms with E-state index in [4.69, 9.17) is 14.2 Å². The first-order chi connectivity index (χ1) is 12.5. The lowest BCUT2D eigenvalue weighted by atomic mass is 10.1. The number of sulfonamides is 1. The van der Waals surface area contributed by atoms with Crippen LogP contribution in [-0.2, 0) is 10.0 Å². The first-order valence-electron chi connectivity index (χ1n) is 7.79. The maximum atomic E-state index is 12.8. The van der Waals surface area contributed by atoms with Crippen LogP contribution in [-0.4, -0.2) is 29.7 Å². The highest BCUT2D eigenvalue weighted by Gasteiger charge is 2.18. The number of hydrogen-bond donors (Lipinski definition) is 1. The molecule has 3 rings (SSSR count). The van der Waals surface area contributed by atoms with Crippen LogP contribution in [0.15, 0.2) is 59.5 Å². The van der Waals surface area contributed by atoms with Crippen LogP contribution in [0.1, 0.15) is 0 Å². The van der Waals surface area contributed by atoms with E-state index in [1.165, 1.54) is 14.2 Å². The first-order valence-corrected chi connectivity index (χ1v) is 9.28. The minimum Gasteiger partial charge on any atom is -0.497 e. The second kappa shape index (κ2) is 7.13. The van der Waals surface area contributed by atoms with Gasteiger partial charge in [-0.3, -0.25) is 4.72 Å². The Hall–Kier alpha value is -2.93. The highest BCUT2D eigenvalue weighted by atomic mass is 32.2. The van der Waals surface area contributed by atoms with Crippen LogP contribution in [0.2, 0.25) is 0 Å². The summed E-state index contributed by atoms with van der Waals surface area (Å²) in [6.07, 6.45) is 0. The Kier molecular flexibility index (Phi) is 4.90. The highest BCUT2D eigenvalue weighted by Crippen LogP contribution is 2.31. The van der Waals surface area contributed by atoms with E-state index < -0.39 is 10.0 Å². The molecule has 0 bridgehead atoms. The number of benzene rings is 3. The van der Waals surface area contributed by atoms with E-state index in [1.54, 1.807) is 49.6 Å². The number of anilines is 1. The average molecular weight is 373 g/mol. The van der Waals surface area contributed by atoms with Crippen molar-refractivity contribution < 1.29 is 22.6 Å². The Morgan fingerprint density at radius 1 is 0.731 bits per heavy atom. The third-order valence-electron chi connectivity index (χ3n) is 3.98. The molecule has 1 N–H and O–H groups in total. The summed E-state index contributed by atoms with van der Waals surface area (Å²) in [6.45, 7) is 0. The van der Waals surface area contributed by atoms with Crippen LogP contribution in [0, 0.1) is 0 Å². The molecule has 136 valence electrons. The van der Waals surface area contributed by atoms with Crippen molar-refractivity contribution >= 4 is 26.5 Å². The van der Waals surface area contributed by atoms with Gasteiger partial charge in [-0.25, -0.2) is 8.42 Å². The SMILES string of the molecule is COc1ccc(OC)c(NS(=O)(=O)c2ccc3cc(OC)ccc3c2)c1. The molecule has 6 nitrogen and oxygen atoms in total. The Balaban J connectivity index is 1.99. The van der Waals surface area contributed by atoms with Crippen molar-refractivity contribution in [2.75, 3.05) is 26.1 Å². The molecule has 0 amide bonds. The number of fused-ring (bicyclic) bond motifs is 1. The van der Waals surface area contributed by atoms with Crippen LogP contribution in [0.3, 0.4) is 0 Å². The zero-order chi connectivity index (χ0) is 18.7. The van der Waals surface area contributed by atoms with E-state index in [1.807, 2.05) is 12.1 Å². The van der Waals surface area contributed by atoms with E-state index in [9.17, 15) is 8.42 Å². The van der Waals surface area contributed by atoms with Crippen LogP contribution in [0.25, 0.3) is 10.8 Å². The summed E-state index contributed by atoms with van der Waals surface area (Å²) in [6, 6.07) is 15.3. The maximum absolute atomic E-state index is 12.8. The molecule has 0 atom stereocenters. The van der Waals surface area contributed by atoms with Gasteiger partial charge in [-0.2, -0.15) is 0 Å². The van der Waals surface area contributed by atoms with Crippen LogP contribution < -0.4 is 18.9 Å². The molecule has 0 spiro atoms. The molecule has 0 radical (unpaired) electrons. The Bertz CT molecular complexity index is 1050. The lowest BCUT2D eigenvalue weighted by Gasteiger charge is -2.13. The third kappa shape index (κ3) is 3.52. The Morgan fingerprint density at radius 2 is 1.35 bits per heavy atom. The molecule has 3 aromatic rings. The molecule has 3 aromatic carbocycles. The van der Waals surface area contributed by atoms with E-state index >= 15 is 0 Å². The fraction of sp³-hybridized carbons (Fsp3) is 0.158. The Labute approximate surface area is 152 Å². The zero-order valence-corrected chi connectivity index (χ0v) is 15.5. The van der Waals surface area contributed by atoms with Crippen molar-refractivity contribution in [1.29, 1.82) is 0 Å². The van der Waals surface area contributed by atoms with Crippen molar-refractivity contribution in [2.24, 2.45) is 0 Å². The van der Waals surface area contributed by atoms with Gasteiger partial charge >= 0.3 is 0 Å². The predicted octanol–water partition coefficient (Wildman–Crippen LogP) is 3.67. The zero-order valence-electron chi connectivity index (χ0n) is 14.6. The summed E-state index contributed by atoms with van der Waals surface area (Å²) in [5.74, 6) is 1.64. The fourth-order valence-corrected chi connectivity index (χ4v) is 3.69. The lowest BCUT2D eigenvalue weighted by molar-refractivity contribution is 0.405. The summed E-state index contributed by atoms with van der Waals surface area (Å²) in [5.41, 5.74) is 0.307. The molecule has 0 aromatic heterocycles. The van der Waals surface area contributed by atoms with Crippen molar-refractivity contribution in [3.63, 3.8) is 0 Å². The lowest BCUT2D eigenvalue weighted by Crippen LogP contribution is -2.13. The van der Waals surface area contributed by atoms with E-state index in [0.717, 1.165) is 10.8 Å². The van der Waals surface area contributed by atoms with Gasteiger partial charge in [-0.15, -0.1) is 0 Å². The van der Waals surface area contributed by atoms with Gasteiger partial charge in [-0.05, 0) is 47.2 Å². The fourth-order valence-electron chi connectivity index (χ4n) is 2.59. The van der Waals surface area contributed by atoms with Gasteiger partial charge in [0.1, 0.15) is 17.2 Å². The van der Waals surface area contributed by atoms with E-state index in [-0.39, 0.29) is 4.90 Å². The normalized spacial score (nSPS) is 11.2. The van der Waals surface area contributed by atoms with Crippen molar-refractivity contribution in [2.45, 2.75) is 4.90 Å². The monoisotopic (exact) mass is 373 g/mol. The number of rotatable bonds is 6. The average Bonchev–Trinajstić information content (AvgIpc) is 2.66. The van der Waals surface area contributed by atoms with Gasteiger partial charge < -0.3 is 14.2 Å². The molecule has 0 saturated heterocycles. The predicted molar refractivity (Wildman–Crippen MR) is 101 cm³/mol. The second-order valence-electron chi connectivity index (χ2n) is 5.55. The van der Waals surface area contributed by atoms with Gasteiger partial charge in [-0.1, -0.05) is 12.1 Å². The summed E-state index contributed by atoms with van der Waals surface area (Å²) >= 11 is 0. The second-order valence-corrected chi connectivity index (χ2v) is 7.23. The quantitative estimate of drug-likeness (QED) is 0.714. The molecule has 0 heterocycles. The summed E-state index contributed by atoms with van der Waals surface area (Å²) < 4.78 is 43.7. The summed E-state index contributed by atoms with van der Waals surface area (Å²) in [4.78, 5) is 0.153. The Morgan fingerprint density at radius 3 is 2.04 bits per heavy atom. The number of hydrogen-bond acceptors (Lipinski definition) is 5. The molecular weight excluding hydrogens is 354 g/mol. The van der Waals surface area contributed by atoms with Crippen LogP contribution in [0.4, 0.5) is 5.69 Å². The maximum Gasteiger partial charge on any atom is 0.262 e. The van der Waals surface area contributed by atoms with Gasteiger partial charge in [0.15, 0.2) is 0 Å². The van der Waals surface area contributed by atoms with Gasteiger partial charge in [0.25, 0.3) is 10.0 Å². The summed E-state index contributed by atoms with van der Waals surface area (Å²) in [5, 5.41) is 1.69. The van der Waals surface area contributed by atoms with Gasteiger partial charge in [0.05, 0.1) is 31.9 Å². The largest absolute Gasteiger partial charge is 0.497 e. The van der Waals surface area contributed by atoms with Crippen molar-refractivity contribution in [3.05, 3.63) is 54.6 Å². The van der Waals surface area contributed by atoms with Crippen molar-refractivity contribution in [3.8, 4) is 17.2 Å². The third-order valence-corrected chi connectivity index (χ3v) is 5.34. The molecule has 0 aliphatic heterocycles. The van der Waals surface area contributed by atoms with Crippen LogP contribution in [0.5, 0.6) is 17.2 Å². The molecule has 7 heteroatoms. The minimum atomic E-state index is -3.79. The van der Waals surface area contributed by atoms with Crippen LogP contribution >= 0.6 is 0 Å². The van der Waals surface area contributed by atoms with E-state index in [0.29, 0.717) is 22.9 Å². The highest BCUT2D eigenvalue weighted by molar-refractivity contribution is 7.92. The van der Waals surface area contributed by atoms with Crippen molar-refractivity contribution in [1.82, 2.24) is 0 Å². The molecule has 0 aliphatic carbocycles. The number of nitrogens with one attached hydrogen (secondary N) is 1. The molecule has 0 saturated carbocycles. The number of methoxy groups -OCH3 is 3. The molecule has 0 unspecified atom stereocenters.